The van der Waals surface area contributed by atoms with E-state index in [9.17, 15) is 0 Å². The summed E-state index contributed by atoms with van der Waals surface area (Å²) < 4.78 is 5.35. The number of likely N-dealkylation sites (N-methyl/N-ethyl adjacent to an activating group) is 1. The van der Waals surface area contributed by atoms with Crippen molar-refractivity contribution in [1.82, 2.24) is 25.0 Å². The second kappa shape index (κ2) is 5.40. The Morgan fingerprint density at radius 1 is 1.19 bits per heavy atom. The quantitative estimate of drug-likeness (QED) is 0.824. The SMILES string of the molecule is Cc1cnc(C)c(N2CCN(C)[C@H](c3nc(C)no3)C2)n1. The van der Waals surface area contributed by atoms with Crippen LogP contribution in [0.2, 0.25) is 0 Å². The molecule has 3 rings (SSSR count). The summed E-state index contributed by atoms with van der Waals surface area (Å²) in [7, 11) is 2.08. The van der Waals surface area contributed by atoms with Gasteiger partial charge in [0.25, 0.3) is 0 Å². The third-order valence-corrected chi connectivity index (χ3v) is 3.83. The Balaban J connectivity index is 1.87. The van der Waals surface area contributed by atoms with E-state index >= 15 is 0 Å². The molecule has 7 heteroatoms. The van der Waals surface area contributed by atoms with Crippen LogP contribution in [-0.2, 0) is 0 Å². The van der Waals surface area contributed by atoms with Gasteiger partial charge in [-0.05, 0) is 27.8 Å². The van der Waals surface area contributed by atoms with Gasteiger partial charge in [-0.25, -0.2) is 4.98 Å². The van der Waals surface area contributed by atoms with E-state index in [1.54, 1.807) is 6.20 Å². The Morgan fingerprint density at radius 2 is 2.00 bits per heavy atom. The van der Waals surface area contributed by atoms with Crippen LogP contribution in [0.3, 0.4) is 0 Å². The van der Waals surface area contributed by atoms with E-state index in [0.717, 1.165) is 36.8 Å². The second-order valence-corrected chi connectivity index (χ2v) is 5.54. The highest BCUT2D eigenvalue weighted by Crippen LogP contribution is 2.26. The molecule has 0 bridgehead atoms. The Kier molecular flexibility index (Phi) is 3.59. The minimum absolute atomic E-state index is 0.0849. The van der Waals surface area contributed by atoms with E-state index in [-0.39, 0.29) is 6.04 Å². The average Bonchev–Trinajstić information content (AvgIpc) is 2.89. The summed E-state index contributed by atoms with van der Waals surface area (Å²) in [6, 6.07) is 0.0849. The van der Waals surface area contributed by atoms with E-state index < -0.39 is 0 Å². The number of aromatic nitrogens is 4. The first-order valence-electron chi connectivity index (χ1n) is 7.10. The van der Waals surface area contributed by atoms with Gasteiger partial charge >= 0.3 is 0 Å². The molecule has 21 heavy (non-hydrogen) atoms. The maximum absolute atomic E-state index is 5.35. The number of piperazine rings is 1. The fourth-order valence-corrected chi connectivity index (χ4v) is 2.61. The lowest BCUT2D eigenvalue weighted by molar-refractivity contribution is 0.177. The zero-order valence-electron chi connectivity index (χ0n) is 12.9. The molecule has 2 aromatic rings. The number of nitrogens with zero attached hydrogens (tertiary/aromatic N) is 6. The number of aryl methyl sites for hydroxylation is 3. The Labute approximate surface area is 124 Å². The Bertz CT molecular complexity index is 640. The number of hydrogen-bond acceptors (Lipinski definition) is 7. The molecule has 0 spiro atoms. The van der Waals surface area contributed by atoms with Crippen molar-refractivity contribution in [1.29, 1.82) is 0 Å². The number of hydrogen-bond donors (Lipinski definition) is 0. The minimum atomic E-state index is 0.0849. The van der Waals surface area contributed by atoms with Gasteiger partial charge in [-0.15, -0.1) is 0 Å². The van der Waals surface area contributed by atoms with E-state index in [2.05, 4.69) is 37.0 Å². The average molecular weight is 288 g/mol. The summed E-state index contributed by atoms with van der Waals surface area (Å²) in [5.41, 5.74) is 1.88. The fraction of sp³-hybridized carbons (Fsp3) is 0.571. The first-order valence-corrected chi connectivity index (χ1v) is 7.10. The predicted octanol–water partition coefficient (Wildman–Crippen LogP) is 1.28. The third-order valence-electron chi connectivity index (χ3n) is 3.83. The minimum Gasteiger partial charge on any atom is -0.352 e. The first kappa shape index (κ1) is 13.9. The van der Waals surface area contributed by atoms with Crippen LogP contribution in [0.5, 0.6) is 0 Å². The lowest BCUT2D eigenvalue weighted by Gasteiger charge is -2.38. The van der Waals surface area contributed by atoms with Gasteiger partial charge in [0.2, 0.25) is 5.89 Å². The molecule has 0 aliphatic carbocycles. The Hall–Kier alpha value is -2.02. The second-order valence-electron chi connectivity index (χ2n) is 5.54. The number of anilines is 1. The van der Waals surface area contributed by atoms with Crippen molar-refractivity contribution in [2.45, 2.75) is 26.8 Å². The van der Waals surface area contributed by atoms with E-state index in [1.165, 1.54) is 0 Å². The van der Waals surface area contributed by atoms with Crippen LogP contribution >= 0.6 is 0 Å². The molecular weight excluding hydrogens is 268 g/mol. The van der Waals surface area contributed by atoms with Crippen LogP contribution in [0.25, 0.3) is 0 Å². The molecule has 1 aliphatic heterocycles. The van der Waals surface area contributed by atoms with Crippen molar-refractivity contribution >= 4 is 5.82 Å². The molecule has 2 aromatic heterocycles. The summed E-state index contributed by atoms with van der Waals surface area (Å²) >= 11 is 0. The maximum atomic E-state index is 5.35. The summed E-state index contributed by atoms with van der Waals surface area (Å²) in [6.07, 6.45) is 1.80. The van der Waals surface area contributed by atoms with Crippen molar-refractivity contribution in [3.63, 3.8) is 0 Å². The Morgan fingerprint density at radius 3 is 2.71 bits per heavy atom. The lowest BCUT2D eigenvalue weighted by Crippen LogP contribution is -2.47. The fourth-order valence-electron chi connectivity index (χ4n) is 2.61. The van der Waals surface area contributed by atoms with Crippen LogP contribution in [0.1, 0.15) is 29.1 Å². The molecule has 1 fully saturated rings. The smallest absolute Gasteiger partial charge is 0.245 e. The molecule has 1 aliphatic rings. The zero-order valence-corrected chi connectivity index (χ0v) is 12.9. The van der Waals surface area contributed by atoms with Crippen molar-refractivity contribution < 1.29 is 4.52 Å². The van der Waals surface area contributed by atoms with Gasteiger partial charge in [0.1, 0.15) is 11.9 Å². The monoisotopic (exact) mass is 288 g/mol. The topological polar surface area (TPSA) is 71.2 Å². The van der Waals surface area contributed by atoms with Gasteiger partial charge in [-0.2, -0.15) is 4.98 Å². The predicted molar refractivity (Wildman–Crippen MR) is 78.1 cm³/mol. The first-order chi connectivity index (χ1) is 10.0. The summed E-state index contributed by atoms with van der Waals surface area (Å²) in [4.78, 5) is 17.9. The number of rotatable bonds is 2. The van der Waals surface area contributed by atoms with Crippen LogP contribution in [0.4, 0.5) is 5.82 Å². The molecule has 3 heterocycles. The molecule has 112 valence electrons. The maximum Gasteiger partial charge on any atom is 0.245 e. The highest BCUT2D eigenvalue weighted by atomic mass is 16.5. The van der Waals surface area contributed by atoms with E-state index in [0.29, 0.717) is 11.7 Å². The van der Waals surface area contributed by atoms with E-state index in [4.69, 9.17) is 4.52 Å². The van der Waals surface area contributed by atoms with Gasteiger partial charge in [-0.1, -0.05) is 5.16 Å². The molecule has 0 aromatic carbocycles. The standard InChI is InChI=1S/C14H20N6O/c1-9-7-15-10(2)13(16-9)20-6-5-19(4)12(8-20)14-17-11(3)18-21-14/h7,12H,5-6,8H2,1-4H3/t12-/m0/s1. The van der Waals surface area contributed by atoms with Gasteiger partial charge in [-0.3, -0.25) is 9.88 Å². The molecule has 0 saturated carbocycles. The van der Waals surface area contributed by atoms with Crippen molar-refractivity contribution in [3.05, 3.63) is 29.3 Å². The molecule has 0 unspecified atom stereocenters. The molecule has 7 nitrogen and oxygen atoms in total. The van der Waals surface area contributed by atoms with Crippen LogP contribution in [0.15, 0.2) is 10.7 Å². The van der Waals surface area contributed by atoms with Crippen LogP contribution in [0, 0.1) is 20.8 Å². The van der Waals surface area contributed by atoms with Gasteiger partial charge in [0.05, 0.1) is 11.4 Å². The lowest BCUT2D eigenvalue weighted by atomic mass is 10.1. The van der Waals surface area contributed by atoms with Crippen LogP contribution < -0.4 is 4.90 Å². The van der Waals surface area contributed by atoms with Gasteiger partial charge in [0.15, 0.2) is 5.82 Å². The van der Waals surface area contributed by atoms with Crippen LogP contribution in [-0.4, -0.2) is 51.7 Å². The summed E-state index contributed by atoms with van der Waals surface area (Å²) in [5.74, 6) is 2.28. The normalized spacial score (nSPS) is 20.0. The molecule has 1 saturated heterocycles. The van der Waals surface area contributed by atoms with Crippen molar-refractivity contribution in [3.8, 4) is 0 Å². The van der Waals surface area contributed by atoms with Gasteiger partial charge in [0, 0.05) is 25.8 Å². The van der Waals surface area contributed by atoms with Crippen molar-refractivity contribution in [2.75, 3.05) is 31.6 Å². The summed E-state index contributed by atoms with van der Waals surface area (Å²) in [5, 5.41) is 3.90. The third kappa shape index (κ3) is 2.73. The molecule has 0 radical (unpaired) electrons. The molecule has 0 amide bonds. The highest BCUT2D eigenvalue weighted by molar-refractivity contribution is 5.44. The zero-order chi connectivity index (χ0) is 15.0. The summed E-state index contributed by atoms with van der Waals surface area (Å²) in [6.45, 7) is 8.40. The largest absolute Gasteiger partial charge is 0.352 e. The molecular formula is C14H20N6O. The van der Waals surface area contributed by atoms with Gasteiger partial charge < -0.3 is 9.42 Å². The van der Waals surface area contributed by atoms with E-state index in [1.807, 2.05) is 20.8 Å². The molecule has 1 atom stereocenters. The van der Waals surface area contributed by atoms with Crippen molar-refractivity contribution in [2.24, 2.45) is 0 Å². The molecule has 0 N–H and O–H groups in total. The highest BCUT2D eigenvalue weighted by Gasteiger charge is 2.31.